The summed E-state index contributed by atoms with van der Waals surface area (Å²) in [4.78, 5) is 0. The third-order valence-electron chi connectivity index (χ3n) is 18.3. The molecule has 0 amide bonds. The third kappa shape index (κ3) is 6.11. The summed E-state index contributed by atoms with van der Waals surface area (Å²) in [6.07, 6.45) is 0. The van der Waals surface area contributed by atoms with Crippen LogP contribution in [0.5, 0.6) is 0 Å². The van der Waals surface area contributed by atoms with Gasteiger partial charge in [0, 0.05) is 0 Å². The van der Waals surface area contributed by atoms with E-state index in [1.54, 1.807) is 0 Å². The van der Waals surface area contributed by atoms with Crippen LogP contribution in [0.2, 0.25) is 0 Å². The van der Waals surface area contributed by atoms with Crippen molar-refractivity contribution in [3.8, 4) is 111 Å². The Balaban J connectivity index is 0.998. The van der Waals surface area contributed by atoms with Crippen LogP contribution in [0.1, 0.15) is 22.3 Å². The normalized spacial score (nSPS) is 12.2. The largest absolute Gasteiger partial charge is 0.0622 e. The lowest BCUT2D eigenvalue weighted by Gasteiger charge is -2.23. The molecule has 2 aliphatic carbocycles. The van der Waals surface area contributed by atoms with Gasteiger partial charge in [0.15, 0.2) is 0 Å². The number of hydrogen-bond donors (Lipinski definition) is 0. The molecule has 0 saturated carbocycles. The summed E-state index contributed by atoms with van der Waals surface area (Å²) < 4.78 is 0. The van der Waals surface area contributed by atoms with Gasteiger partial charge < -0.3 is 0 Å². The van der Waals surface area contributed by atoms with Gasteiger partial charge in [-0.05, 0) is 215 Å². The minimum atomic E-state index is 1.22. The van der Waals surface area contributed by atoms with Crippen LogP contribution >= 0.6 is 0 Å². The molecule has 80 heavy (non-hydrogen) atoms. The monoisotopic (exact) mass is 1010 g/mol. The van der Waals surface area contributed by atoms with Crippen LogP contribution in [-0.4, -0.2) is 0 Å². The summed E-state index contributed by atoms with van der Waals surface area (Å²) in [6, 6.07) is 92.4. The number of rotatable bonds is 6. The van der Waals surface area contributed by atoms with Crippen LogP contribution in [0.3, 0.4) is 0 Å². The standard InChI is InChI=1S/C80H52/c1-45-31-33-51(47(3)43-45)69-57-27-15-17-29-59(57)73(55-25-13-11-23-53(55)49-19-7-5-8-20-49)79-67-41-37-63-62-36-40-66-76-68(42-38-64(72(62)76)61-35-39-65(77(69)79)75(67)71(61)63)80-74(56-26-14-12-24-54(56)50-21-9-6-10-22-50)60-30-18-16-28-58(60)70(78(66)80)52-34-32-46(2)44-48(52)4/h5-44H,1-4H3. The van der Waals surface area contributed by atoms with Gasteiger partial charge in [-0.3, -0.25) is 0 Å². The summed E-state index contributed by atoms with van der Waals surface area (Å²) in [6.45, 7) is 9.01. The van der Waals surface area contributed by atoms with Gasteiger partial charge in [0.2, 0.25) is 0 Å². The van der Waals surface area contributed by atoms with E-state index in [2.05, 4.69) is 270 Å². The van der Waals surface area contributed by atoms with Gasteiger partial charge >= 0.3 is 0 Å². The zero-order chi connectivity index (χ0) is 53.1. The van der Waals surface area contributed by atoms with E-state index in [-0.39, 0.29) is 0 Å². The van der Waals surface area contributed by atoms with Crippen molar-refractivity contribution in [2.24, 2.45) is 0 Å². The molecule has 0 nitrogen and oxygen atoms in total. The lowest BCUT2D eigenvalue weighted by atomic mass is 9.80. The Morgan fingerprint density at radius 1 is 0.175 bits per heavy atom. The van der Waals surface area contributed by atoms with Gasteiger partial charge in [0.05, 0.1) is 0 Å². The van der Waals surface area contributed by atoms with E-state index in [9.17, 15) is 0 Å². The zero-order valence-corrected chi connectivity index (χ0v) is 45.1. The van der Waals surface area contributed by atoms with E-state index < -0.39 is 0 Å². The fourth-order valence-electron chi connectivity index (χ4n) is 15.1. The molecule has 0 fully saturated rings. The maximum absolute atomic E-state index is 2.48. The number of benzene rings is 15. The van der Waals surface area contributed by atoms with Gasteiger partial charge in [0.25, 0.3) is 0 Å². The molecule has 0 heterocycles. The summed E-state index contributed by atoms with van der Waals surface area (Å²) in [5.41, 5.74) is 30.9. The summed E-state index contributed by atoms with van der Waals surface area (Å²) in [5, 5.41) is 15.7. The average Bonchev–Trinajstić information content (AvgIpc) is 3.91. The Kier molecular flexibility index (Phi) is 9.49. The molecule has 0 aliphatic heterocycles. The quantitative estimate of drug-likeness (QED) is 0.115. The van der Waals surface area contributed by atoms with E-state index >= 15 is 0 Å². The first kappa shape index (κ1) is 45.2. The molecule has 0 bridgehead atoms. The van der Waals surface area contributed by atoms with Gasteiger partial charge in [-0.25, -0.2) is 0 Å². The first-order chi connectivity index (χ1) is 39.4. The van der Waals surface area contributed by atoms with Crippen molar-refractivity contribution in [3.63, 3.8) is 0 Å². The molecule has 0 aromatic heterocycles. The molecule has 15 aromatic rings. The second-order valence-electron chi connectivity index (χ2n) is 22.7. The lowest BCUT2D eigenvalue weighted by molar-refractivity contribution is 1.39. The van der Waals surface area contributed by atoms with E-state index in [0.29, 0.717) is 0 Å². The smallest absolute Gasteiger partial charge is 0.000718 e. The summed E-state index contributed by atoms with van der Waals surface area (Å²) >= 11 is 0. The van der Waals surface area contributed by atoms with Crippen LogP contribution in [0, 0.1) is 27.7 Å². The van der Waals surface area contributed by atoms with Crippen molar-refractivity contribution >= 4 is 64.6 Å². The van der Waals surface area contributed by atoms with Gasteiger partial charge in [-0.1, -0.05) is 254 Å². The predicted molar refractivity (Wildman–Crippen MR) is 343 cm³/mol. The van der Waals surface area contributed by atoms with Gasteiger partial charge in [-0.15, -0.1) is 0 Å². The Labute approximate surface area is 465 Å². The van der Waals surface area contributed by atoms with Crippen LogP contribution in [0.4, 0.5) is 0 Å². The van der Waals surface area contributed by atoms with Crippen LogP contribution in [0.25, 0.3) is 176 Å². The predicted octanol–water partition coefficient (Wildman–Crippen LogP) is 22.6. The molecule has 0 spiro atoms. The Morgan fingerprint density at radius 2 is 0.450 bits per heavy atom. The Hall–Kier alpha value is -9.88. The molecule has 372 valence electrons. The van der Waals surface area contributed by atoms with Crippen molar-refractivity contribution < 1.29 is 0 Å². The fourth-order valence-corrected chi connectivity index (χ4v) is 15.1. The highest BCUT2D eigenvalue weighted by Crippen LogP contribution is 2.64. The van der Waals surface area contributed by atoms with E-state index in [0.717, 1.165) is 0 Å². The highest BCUT2D eigenvalue weighted by Gasteiger charge is 2.36. The van der Waals surface area contributed by atoms with Crippen LogP contribution in [0.15, 0.2) is 243 Å². The molecule has 15 aromatic carbocycles. The van der Waals surface area contributed by atoms with Crippen molar-refractivity contribution in [2.75, 3.05) is 0 Å². The Bertz CT molecular complexity index is 4840. The molecular formula is C80H52. The SMILES string of the molecule is Cc1ccc(-c2c3c(c(-c4ccccc4-c4ccccc4)c4ccccc24)-c2ccc4c5ccc6c7c(ccc(c8ccc-3c2c84)c75)-c2c-6c(-c3ccc(C)cc3C)c3ccccc3c2-c2ccccc2-c2ccccc2)c(C)c1. The topological polar surface area (TPSA) is 0 Å². The van der Waals surface area contributed by atoms with E-state index in [1.807, 2.05) is 0 Å². The lowest BCUT2D eigenvalue weighted by Crippen LogP contribution is -1.96. The van der Waals surface area contributed by atoms with Crippen molar-refractivity contribution in [2.45, 2.75) is 27.7 Å². The highest BCUT2D eigenvalue weighted by molar-refractivity contribution is 6.42. The van der Waals surface area contributed by atoms with Crippen molar-refractivity contribution in [1.29, 1.82) is 0 Å². The van der Waals surface area contributed by atoms with Gasteiger partial charge in [-0.2, -0.15) is 0 Å². The van der Waals surface area contributed by atoms with E-state index in [4.69, 9.17) is 0 Å². The minimum absolute atomic E-state index is 1.22. The fraction of sp³-hybridized carbons (Fsp3) is 0.0500. The molecule has 0 atom stereocenters. The average molecular weight is 1010 g/mol. The molecule has 2 aliphatic rings. The third-order valence-corrected chi connectivity index (χ3v) is 18.3. The van der Waals surface area contributed by atoms with Crippen molar-refractivity contribution in [1.82, 2.24) is 0 Å². The van der Waals surface area contributed by atoms with Crippen LogP contribution < -0.4 is 0 Å². The first-order valence-corrected chi connectivity index (χ1v) is 28.2. The molecule has 0 radical (unpaired) electrons. The van der Waals surface area contributed by atoms with E-state index in [1.165, 1.54) is 198 Å². The number of hydrogen-bond acceptors (Lipinski definition) is 0. The van der Waals surface area contributed by atoms with Gasteiger partial charge in [0.1, 0.15) is 0 Å². The summed E-state index contributed by atoms with van der Waals surface area (Å²) in [7, 11) is 0. The number of fused-ring (bicyclic) bond motifs is 10. The van der Waals surface area contributed by atoms with Crippen molar-refractivity contribution in [3.05, 3.63) is 265 Å². The second-order valence-corrected chi connectivity index (χ2v) is 22.7. The first-order valence-electron chi connectivity index (χ1n) is 28.2. The molecule has 0 heteroatoms. The second kappa shape index (κ2) is 16.8. The molecule has 17 rings (SSSR count). The van der Waals surface area contributed by atoms with Crippen LogP contribution in [-0.2, 0) is 0 Å². The molecule has 0 unspecified atom stereocenters. The molecular weight excluding hydrogens is 961 g/mol. The highest BCUT2D eigenvalue weighted by atomic mass is 14.4. The number of aryl methyl sites for hydroxylation is 4. The maximum atomic E-state index is 2.48. The summed E-state index contributed by atoms with van der Waals surface area (Å²) in [5.74, 6) is 0. The molecule has 0 N–H and O–H groups in total. The minimum Gasteiger partial charge on any atom is -0.0622 e. The maximum Gasteiger partial charge on any atom is -0.000718 e. The molecule has 0 saturated heterocycles. The Morgan fingerprint density at radius 3 is 0.775 bits per heavy atom. The zero-order valence-electron chi connectivity index (χ0n) is 45.1.